The van der Waals surface area contributed by atoms with E-state index in [0.29, 0.717) is 5.70 Å². The molecule has 0 bridgehead atoms. The summed E-state index contributed by atoms with van der Waals surface area (Å²) >= 11 is 0. The topological polar surface area (TPSA) is 29.4 Å². The predicted octanol–water partition coefficient (Wildman–Crippen LogP) is 2.57. The summed E-state index contributed by atoms with van der Waals surface area (Å²) in [4.78, 5) is 13.1. The molecule has 0 radical (unpaired) electrons. The maximum absolute atomic E-state index is 12.1. The molecule has 0 saturated heterocycles. The smallest absolute Gasteiger partial charge is 0.211 e. The molecule has 2 nitrogen and oxygen atoms in total. The van der Waals surface area contributed by atoms with E-state index in [9.17, 15) is 18.0 Å². The van der Waals surface area contributed by atoms with E-state index in [1.165, 1.54) is 12.2 Å². The van der Waals surface area contributed by atoms with Gasteiger partial charge in [-0.15, -0.1) is 0 Å². The second-order valence-electron chi connectivity index (χ2n) is 2.91. The molecule has 1 aliphatic carbocycles. The quantitative estimate of drug-likeness (QED) is 0.462. The van der Waals surface area contributed by atoms with E-state index in [2.05, 4.69) is 4.99 Å². The fraction of sp³-hybridized carbons (Fsp3) is 0.625. The molecule has 1 unspecified atom stereocenters. The highest BCUT2D eigenvalue weighted by atomic mass is 19.4. The van der Waals surface area contributed by atoms with Crippen LogP contribution < -0.4 is 0 Å². The Morgan fingerprint density at radius 2 is 2.23 bits per heavy atom. The Balaban J connectivity index is 2.61. The van der Waals surface area contributed by atoms with Gasteiger partial charge in [0.1, 0.15) is 0 Å². The van der Waals surface area contributed by atoms with Crippen LogP contribution in [0.1, 0.15) is 19.3 Å². The highest BCUT2D eigenvalue weighted by Gasteiger charge is 2.39. The van der Waals surface area contributed by atoms with Crippen molar-refractivity contribution in [2.75, 3.05) is 0 Å². The molecular weight excluding hydrogens is 183 g/mol. The Morgan fingerprint density at radius 1 is 1.54 bits per heavy atom. The van der Waals surface area contributed by atoms with Gasteiger partial charge in [-0.05, 0) is 19.3 Å². The molecule has 5 heteroatoms. The van der Waals surface area contributed by atoms with Crippen LogP contribution in [0.5, 0.6) is 0 Å². The van der Waals surface area contributed by atoms with Crippen LogP contribution in [-0.4, -0.2) is 12.3 Å². The van der Waals surface area contributed by atoms with E-state index in [-0.39, 0.29) is 19.3 Å². The average Bonchev–Trinajstić information content (AvgIpc) is 2.04. The number of halogens is 3. The summed E-state index contributed by atoms with van der Waals surface area (Å²) < 4.78 is 36.4. The normalized spacial score (nSPS) is 23.3. The van der Waals surface area contributed by atoms with E-state index in [1.807, 2.05) is 0 Å². The molecule has 0 fully saturated rings. The van der Waals surface area contributed by atoms with Gasteiger partial charge < -0.3 is 0 Å². The molecule has 0 aromatic carbocycles. The van der Waals surface area contributed by atoms with Crippen molar-refractivity contribution in [3.63, 3.8) is 0 Å². The molecule has 0 saturated carbocycles. The molecule has 1 rings (SSSR count). The zero-order valence-electron chi connectivity index (χ0n) is 6.77. The van der Waals surface area contributed by atoms with Crippen LogP contribution in [0.15, 0.2) is 16.8 Å². The summed E-state index contributed by atoms with van der Waals surface area (Å²) in [7, 11) is 0. The second kappa shape index (κ2) is 3.75. The van der Waals surface area contributed by atoms with Gasteiger partial charge in [0.25, 0.3) is 0 Å². The number of alkyl halides is 3. The highest BCUT2D eigenvalue weighted by molar-refractivity contribution is 5.37. The number of hydrogen-bond acceptors (Lipinski definition) is 2. The van der Waals surface area contributed by atoms with Crippen LogP contribution in [-0.2, 0) is 4.79 Å². The lowest BCUT2D eigenvalue weighted by molar-refractivity contribution is -0.176. The molecule has 0 N–H and O–H groups in total. The number of isocyanates is 1. The fourth-order valence-electron chi connectivity index (χ4n) is 1.28. The van der Waals surface area contributed by atoms with Crippen molar-refractivity contribution in [1.29, 1.82) is 0 Å². The first-order chi connectivity index (χ1) is 6.04. The number of aliphatic imine (C=N–C) groups is 1. The van der Waals surface area contributed by atoms with Gasteiger partial charge in [-0.2, -0.15) is 18.2 Å². The molecule has 0 aliphatic heterocycles. The first-order valence-electron chi connectivity index (χ1n) is 3.87. The van der Waals surface area contributed by atoms with Gasteiger partial charge in [0, 0.05) is 5.70 Å². The Morgan fingerprint density at radius 3 is 2.62 bits per heavy atom. The molecular formula is C8H8F3NO. The summed E-state index contributed by atoms with van der Waals surface area (Å²) in [6.07, 6.45) is -1.32. The third-order valence-electron chi connectivity index (χ3n) is 2.04. The van der Waals surface area contributed by atoms with Gasteiger partial charge >= 0.3 is 6.18 Å². The van der Waals surface area contributed by atoms with Gasteiger partial charge in [0.2, 0.25) is 6.08 Å². The summed E-state index contributed by atoms with van der Waals surface area (Å²) in [6.45, 7) is 0. The van der Waals surface area contributed by atoms with Crippen LogP contribution in [0.2, 0.25) is 0 Å². The zero-order valence-corrected chi connectivity index (χ0v) is 6.77. The Labute approximate surface area is 73.2 Å². The molecule has 0 aromatic heterocycles. The molecule has 1 aliphatic rings. The number of carbonyl (C=O) groups excluding carboxylic acids is 1. The zero-order chi connectivity index (χ0) is 9.90. The van der Waals surface area contributed by atoms with E-state index in [4.69, 9.17) is 0 Å². The second-order valence-corrected chi connectivity index (χ2v) is 2.91. The molecule has 0 aromatic rings. The first kappa shape index (κ1) is 9.99. The van der Waals surface area contributed by atoms with Crippen molar-refractivity contribution in [3.8, 4) is 0 Å². The Kier molecular flexibility index (Phi) is 2.88. The number of allylic oxidation sites excluding steroid dienone is 2. The minimum absolute atomic E-state index is 0.0144. The Hall–Kier alpha value is -1.09. The standard InChI is InChI=1S/C8H8F3NO/c9-8(10,11)6-1-3-7(4-2-6)12-5-13/h3,6H,1-2,4H2. The lowest BCUT2D eigenvalue weighted by Crippen LogP contribution is -2.24. The SMILES string of the molecule is O=C=NC1=CCC(C(F)(F)F)CC1. The third-order valence-corrected chi connectivity index (χ3v) is 2.04. The van der Waals surface area contributed by atoms with Gasteiger partial charge in [0.15, 0.2) is 0 Å². The minimum atomic E-state index is -4.13. The number of rotatable bonds is 1. The average molecular weight is 191 g/mol. The summed E-state index contributed by atoms with van der Waals surface area (Å²) in [5.41, 5.74) is 0.413. The van der Waals surface area contributed by atoms with Gasteiger partial charge in [-0.1, -0.05) is 6.08 Å². The van der Waals surface area contributed by atoms with Gasteiger partial charge in [-0.25, -0.2) is 4.79 Å². The maximum Gasteiger partial charge on any atom is 0.392 e. The van der Waals surface area contributed by atoms with Crippen molar-refractivity contribution in [2.45, 2.75) is 25.4 Å². The minimum Gasteiger partial charge on any atom is -0.211 e. The van der Waals surface area contributed by atoms with E-state index < -0.39 is 12.1 Å². The number of nitrogens with zero attached hydrogens (tertiary/aromatic N) is 1. The Bertz CT molecular complexity index is 263. The fourth-order valence-corrected chi connectivity index (χ4v) is 1.28. The van der Waals surface area contributed by atoms with E-state index >= 15 is 0 Å². The van der Waals surface area contributed by atoms with E-state index in [1.54, 1.807) is 0 Å². The van der Waals surface area contributed by atoms with Gasteiger partial charge in [-0.3, -0.25) is 0 Å². The summed E-state index contributed by atoms with van der Waals surface area (Å²) in [5.74, 6) is -1.28. The lowest BCUT2D eigenvalue weighted by atomic mass is 9.92. The predicted molar refractivity (Wildman–Crippen MR) is 39.6 cm³/mol. The molecule has 1 atom stereocenters. The van der Waals surface area contributed by atoms with Crippen molar-refractivity contribution in [1.82, 2.24) is 0 Å². The molecule has 72 valence electrons. The summed E-state index contributed by atoms with van der Waals surface area (Å²) in [6, 6.07) is 0. The molecule has 0 heterocycles. The maximum atomic E-state index is 12.1. The molecule has 0 spiro atoms. The number of hydrogen-bond donors (Lipinski definition) is 0. The van der Waals surface area contributed by atoms with Crippen molar-refractivity contribution in [3.05, 3.63) is 11.8 Å². The van der Waals surface area contributed by atoms with Crippen molar-refractivity contribution < 1.29 is 18.0 Å². The van der Waals surface area contributed by atoms with Crippen LogP contribution >= 0.6 is 0 Å². The van der Waals surface area contributed by atoms with Crippen molar-refractivity contribution in [2.24, 2.45) is 10.9 Å². The van der Waals surface area contributed by atoms with Crippen LogP contribution in [0.25, 0.3) is 0 Å². The third kappa shape index (κ3) is 2.70. The van der Waals surface area contributed by atoms with E-state index in [0.717, 1.165) is 0 Å². The monoisotopic (exact) mass is 191 g/mol. The summed E-state index contributed by atoms with van der Waals surface area (Å²) in [5, 5.41) is 0. The molecule has 13 heavy (non-hydrogen) atoms. The van der Waals surface area contributed by atoms with Crippen molar-refractivity contribution >= 4 is 6.08 Å². The van der Waals surface area contributed by atoms with Gasteiger partial charge in [0.05, 0.1) is 5.92 Å². The largest absolute Gasteiger partial charge is 0.392 e. The lowest BCUT2D eigenvalue weighted by Gasteiger charge is -2.21. The van der Waals surface area contributed by atoms with Crippen LogP contribution in [0, 0.1) is 5.92 Å². The first-order valence-corrected chi connectivity index (χ1v) is 3.87. The van der Waals surface area contributed by atoms with Crippen LogP contribution in [0.4, 0.5) is 13.2 Å². The molecule has 0 amide bonds. The highest BCUT2D eigenvalue weighted by Crippen LogP contribution is 2.36. The van der Waals surface area contributed by atoms with Crippen LogP contribution in [0.3, 0.4) is 0 Å².